The molecule has 0 spiro atoms. The molecular weight excluding hydrogens is 288 g/mol. The number of nitrogens with two attached hydrogens (primary N) is 1. The van der Waals surface area contributed by atoms with E-state index in [-0.39, 0.29) is 22.6 Å². The number of methoxy groups -OCH3 is 1. The SMILES string of the molecule is COC1CCN(S(=O)(=O)c2cc(CN)ccc2Cl)C1. The molecule has 106 valence electrons. The molecular formula is C12H17ClN2O3S. The Bertz CT molecular complexity index is 562. The van der Waals surface area contributed by atoms with Crippen molar-refractivity contribution >= 4 is 21.6 Å². The summed E-state index contributed by atoms with van der Waals surface area (Å²) in [5.74, 6) is 0. The lowest BCUT2D eigenvalue weighted by Gasteiger charge is -2.17. The van der Waals surface area contributed by atoms with Gasteiger partial charge >= 0.3 is 0 Å². The van der Waals surface area contributed by atoms with E-state index in [9.17, 15) is 8.42 Å². The Hall–Kier alpha value is -0.660. The minimum absolute atomic E-state index is 0.0498. The molecule has 0 saturated carbocycles. The van der Waals surface area contributed by atoms with Crippen LogP contribution in [0.25, 0.3) is 0 Å². The molecule has 1 fully saturated rings. The second kappa shape index (κ2) is 5.76. The summed E-state index contributed by atoms with van der Waals surface area (Å²) in [6.07, 6.45) is 0.649. The Morgan fingerprint density at radius 3 is 2.84 bits per heavy atom. The summed E-state index contributed by atoms with van der Waals surface area (Å²) in [5, 5.41) is 0.220. The van der Waals surface area contributed by atoms with Gasteiger partial charge in [-0.2, -0.15) is 4.31 Å². The molecule has 1 aromatic carbocycles. The molecule has 1 atom stereocenters. The van der Waals surface area contributed by atoms with E-state index in [1.54, 1.807) is 19.2 Å². The molecule has 2 rings (SSSR count). The minimum atomic E-state index is -3.58. The fraction of sp³-hybridized carbons (Fsp3) is 0.500. The summed E-state index contributed by atoms with van der Waals surface area (Å²) in [5.41, 5.74) is 6.28. The quantitative estimate of drug-likeness (QED) is 0.907. The van der Waals surface area contributed by atoms with Gasteiger partial charge in [-0.15, -0.1) is 0 Å². The highest BCUT2D eigenvalue weighted by Gasteiger charge is 2.33. The third-order valence-electron chi connectivity index (χ3n) is 3.29. The first kappa shape index (κ1) is 14.7. The lowest BCUT2D eigenvalue weighted by Crippen LogP contribution is -2.30. The van der Waals surface area contributed by atoms with Gasteiger partial charge in [0.1, 0.15) is 4.90 Å². The molecule has 0 radical (unpaired) electrons. The number of nitrogens with zero attached hydrogens (tertiary/aromatic N) is 1. The van der Waals surface area contributed by atoms with Gasteiger partial charge in [-0.3, -0.25) is 0 Å². The predicted octanol–water partition coefficient (Wildman–Crippen LogP) is 1.21. The summed E-state index contributed by atoms with van der Waals surface area (Å²) in [7, 11) is -1.99. The van der Waals surface area contributed by atoms with Crippen LogP contribution in [0.2, 0.25) is 5.02 Å². The molecule has 1 aliphatic rings. The largest absolute Gasteiger partial charge is 0.380 e. The summed E-state index contributed by atoms with van der Waals surface area (Å²) in [6, 6.07) is 4.83. The average Bonchev–Trinajstić information content (AvgIpc) is 2.88. The highest BCUT2D eigenvalue weighted by atomic mass is 35.5. The number of halogens is 1. The van der Waals surface area contributed by atoms with E-state index < -0.39 is 10.0 Å². The maximum absolute atomic E-state index is 12.5. The van der Waals surface area contributed by atoms with Crippen molar-refractivity contribution < 1.29 is 13.2 Å². The number of hydrogen-bond donors (Lipinski definition) is 1. The zero-order chi connectivity index (χ0) is 14.0. The van der Waals surface area contributed by atoms with Crippen molar-refractivity contribution in [2.24, 2.45) is 5.73 Å². The van der Waals surface area contributed by atoms with Crippen LogP contribution in [0.4, 0.5) is 0 Å². The Kier molecular flexibility index (Phi) is 4.47. The van der Waals surface area contributed by atoms with Crippen LogP contribution in [-0.2, 0) is 21.3 Å². The van der Waals surface area contributed by atoms with Gasteiger partial charge in [0.15, 0.2) is 0 Å². The van der Waals surface area contributed by atoms with Crippen LogP contribution < -0.4 is 5.73 Å². The Morgan fingerprint density at radius 1 is 1.53 bits per heavy atom. The summed E-state index contributed by atoms with van der Waals surface area (Å²) in [4.78, 5) is 0.119. The molecule has 1 heterocycles. The monoisotopic (exact) mass is 304 g/mol. The van der Waals surface area contributed by atoms with Crippen LogP contribution in [0.3, 0.4) is 0 Å². The van der Waals surface area contributed by atoms with E-state index >= 15 is 0 Å². The average molecular weight is 305 g/mol. The van der Waals surface area contributed by atoms with E-state index in [1.807, 2.05) is 0 Å². The van der Waals surface area contributed by atoms with Gasteiger partial charge in [-0.25, -0.2) is 8.42 Å². The van der Waals surface area contributed by atoms with Crippen molar-refractivity contribution in [1.29, 1.82) is 0 Å². The summed E-state index contributed by atoms with van der Waals surface area (Å²) in [6.45, 7) is 1.09. The van der Waals surface area contributed by atoms with Crippen molar-refractivity contribution in [2.45, 2.75) is 24.0 Å². The van der Waals surface area contributed by atoms with Crippen molar-refractivity contribution in [1.82, 2.24) is 4.31 Å². The molecule has 2 N–H and O–H groups in total. The highest BCUT2D eigenvalue weighted by molar-refractivity contribution is 7.89. The number of benzene rings is 1. The number of rotatable bonds is 4. The number of sulfonamides is 1. The standard InChI is InChI=1S/C12H17ClN2O3S/c1-18-10-4-5-15(8-10)19(16,17)12-6-9(7-14)2-3-11(12)13/h2-3,6,10H,4-5,7-8,14H2,1H3. The van der Waals surface area contributed by atoms with E-state index in [1.165, 1.54) is 10.4 Å². The maximum Gasteiger partial charge on any atom is 0.244 e. The first-order chi connectivity index (χ1) is 8.98. The summed E-state index contributed by atoms with van der Waals surface area (Å²) >= 11 is 6.01. The fourth-order valence-corrected chi connectivity index (χ4v) is 4.13. The van der Waals surface area contributed by atoms with Crippen LogP contribution in [0.15, 0.2) is 23.1 Å². The van der Waals surface area contributed by atoms with Gasteiger partial charge in [0.2, 0.25) is 10.0 Å². The lowest BCUT2D eigenvalue weighted by molar-refractivity contribution is 0.115. The van der Waals surface area contributed by atoms with Gasteiger partial charge in [0.05, 0.1) is 11.1 Å². The second-order valence-corrected chi connectivity index (χ2v) is 6.79. The maximum atomic E-state index is 12.5. The highest BCUT2D eigenvalue weighted by Crippen LogP contribution is 2.28. The molecule has 0 aromatic heterocycles. The normalized spacial score (nSPS) is 20.9. The van der Waals surface area contributed by atoms with Crippen LogP contribution in [0.1, 0.15) is 12.0 Å². The van der Waals surface area contributed by atoms with Gasteiger partial charge in [0, 0.05) is 26.7 Å². The molecule has 1 aromatic rings. The van der Waals surface area contributed by atoms with E-state index in [2.05, 4.69) is 0 Å². The molecule has 7 heteroatoms. The zero-order valence-electron chi connectivity index (χ0n) is 10.7. The molecule has 0 aliphatic carbocycles. The Balaban J connectivity index is 2.34. The van der Waals surface area contributed by atoms with Crippen molar-refractivity contribution in [3.8, 4) is 0 Å². The predicted molar refractivity (Wildman–Crippen MR) is 73.5 cm³/mol. The minimum Gasteiger partial charge on any atom is -0.380 e. The first-order valence-corrected chi connectivity index (χ1v) is 7.82. The Morgan fingerprint density at radius 2 is 2.26 bits per heavy atom. The second-order valence-electron chi connectivity index (χ2n) is 4.48. The molecule has 19 heavy (non-hydrogen) atoms. The topological polar surface area (TPSA) is 72.6 Å². The third kappa shape index (κ3) is 2.93. The zero-order valence-corrected chi connectivity index (χ0v) is 12.2. The van der Waals surface area contributed by atoms with Crippen LogP contribution >= 0.6 is 11.6 Å². The Labute approximate surface area is 118 Å². The fourth-order valence-electron chi connectivity index (χ4n) is 2.12. The number of hydrogen-bond acceptors (Lipinski definition) is 4. The smallest absolute Gasteiger partial charge is 0.244 e. The number of ether oxygens (including phenoxy) is 1. The molecule has 1 aliphatic heterocycles. The van der Waals surface area contributed by atoms with E-state index in [0.29, 0.717) is 19.5 Å². The van der Waals surface area contributed by atoms with Crippen molar-refractivity contribution in [3.63, 3.8) is 0 Å². The lowest BCUT2D eigenvalue weighted by atomic mass is 10.2. The van der Waals surface area contributed by atoms with Gasteiger partial charge in [-0.05, 0) is 24.1 Å². The van der Waals surface area contributed by atoms with Gasteiger partial charge in [0.25, 0.3) is 0 Å². The van der Waals surface area contributed by atoms with Crippen LogP contribution in [-0.4, -0.2) is 39.0 Å². The molecule has 1 unspecified atom stereocenters. The van der Waals surface area contributed by atoms with E-state index in [4.69, 9.17) is 22.1 Å². The van der Waals surface area contributed by atoms with Crippen molar-refractivity contribution in [2.75, 3.05) is 20.2 Å². The molecule has 0 bridgehead atoms. The first-order valence-electron chi connectivity index (χ1n) is 6.00. The van der Waals surface area contributed by atoms with Crippen LogP contribution in [0, 0.1) is 0 Å². The van der Waals surface area contributed by atoms with Gasteiger partial charge < -0.3 is 10.5 Å². The third-order valence-corrected chi connectivity index (χ3v) is 5.64. The van der Waals surface area contributed by atoms with Gasteiger partial charge in [-0.1, -0.05) is 17.7 Å². The van der Waals surface area contributed by atoms with Crippen LogP contribution in [0.5, 0.6) is 0 Å². The molecule has 5 nitrogen and oxygen atoms in total. The molecule has 1 saturated heterocycles. The molecule has 0 amide bonds. The summed E-state index contributed by atoms with van der Waals surface area (Å²) < 4.78 is 31.7. The van der Waals surface area contributed by atoms with E-state index in [0.717, 1.165) is 5.56 Å². The van der Waals surface area contributed by atoms with Crippen molar-refractivity contribution in [3.05, 3.63) is 28.8 Å².